The number of hydrogen-bond donors (Lipinski definition) is 5. The van der Waals surface area contributed by atoms with Crippen molar-refractivity contribution in [3.05, 3.63) is 11.9 Å². The van der Waals surface area contributed by atoms with Gasteiger partial charge in [0.05, 0.1) is 18.0 Å². The summed E-state index contributed by atoms with van der Waals surface area (Å²) in [4.78, 5) is 15.4. The van der Waals surface area contributed by atoms with E-state index in [0.717, 1.165) is 0 Å². The van der Waals surface area contributed by atoms with Crippen molar-refractivity contribution in [3.8, 4) is 5.88 Å². The van der Waals surface area contributed by atoms with E-state index >= 15 is 0 Å². The van der Waals surface area contributed by atoms with E-state index in [0.29, 0.717) is 0 Å². The number of hydrazine groups is 1. The van der Waals surface area contributed by atoms with Crippen LogP contribution in [0.2, 0.25) is 0 Å². The van der Waals surface area contributed by atoms with Crippen LogP contribution in [0.5, 0.6) is 5.88 Å². The highest BCUT2D eigenvalue weighted by atomic mass is 16.3. The monoisotopic (exact) mass is 252 g/mol. The lowest BCUT2D eigenvalue weighted by Crippen LogP contribution is -2.16. The molecule has 6 N–H and O–H groups in total. The van der Waals surface area contributed by atoms with E-state index in [-0.39, 0.29) is 28.7 Å². The minimum absolute atomic E-state index is 0.0296. The van der Waals surface area contributed by atoms with Crippen molar-refractivity contribution in [2.45, 2.75) is 19.1 Å². The summed E-state index contributed by atoms with van der Waals surface area (Å²) in [6.45, 7) is 1.42. The van der Waals surface area contributed by atoms with Crippen LogP contribution in [0.3, 0.4) is 0 Å². The Balaban J connectivity index is 2.56. The van der Waals surface area contributed by atoms with Crippen LogP contribution in [0.4, 0.5) is 5.95 Å². The zero-order valence-electron chi connectivity index (χ0n) is 9.44. The van der Waals surface area contributed by atoms with Crippen molar-refractivity contribution >= 4 is 17.1 Å². The number of aliphatic hydroxyl groups excluding tert-OH is 2. The fourth-order valence-electron chi connectivity index (χ4n) is 1.36. The molecule has 0 bridgehead atoms. The fourth-order valence-corrected chi connectivity index (χ4v) is 1.36. The van der Waals surface area contributed by atoms with E-state index in [1.165, 1.54) is 13.1 Å². The number of nitrogens with two attached hydrogens (primary N) is 1. The minimum atomic E-state index is -1.19. The first-order valence-corrected chi connectivity index (χ1v) is 5.09. The highest BCUT2D eigenvalue weighted by molar-refractivity contribution is 5.76. The van der Waals surface area contributed by atoms with Gasteiger partial charge < -0.3 is 15.3 Å². The Morgan fingerprint density at radius 3 is 2.61 bits per heavy atom. The molecule has 0 aliphatic rings. The predicted molar refractivity (Wildman–Crippen MR) is 61.2 cm³/mol. The number of anilines is 1. The van der Waals surface area contributed by atoms with Crippen LogP contribution < -0.4 is 11.3 Å². The van der Waals surface area contributed by atoms with E-state index in [1.54, 1.807) is 0 Å². The molecule has 0 saturated heterocycles. The number of hydrogen-bond acceptors (Lipinski definition) is 9. The first-order chi connectivity index (χ1) is 8.52. The van der Waals surface area contributed by atoms with Gasteiger partial charge in [0.15, 0.2) is 11.2 Å². The normalized spacial score (nSPS) is 14.4. The van der Waals surface area contributed by atoms with E-state index in [2.05, 4.69) is 25.4 Å². The molecule has 9 nitrogen and oxygen atoms in total. The quantitative estimate of drug-likeness (QED) is 0.336. The Hall–Kier alpha value is -2.10. The zero-order chi connectivity index (χ0) is 13.3. The van der Waals surface area contributed by atoms with Crippen molar-refractivity contribution in [2.24, 2.45) is 5.84 Å². The zero-order valence-corrected chi connectivity index (χ0v) is 9.44. The van der Waals surface area contributed by atoms with Gasteiger partial charge in [-0.2, -0.15) is 9.97 Å². The van der Waals surface area contributed by atoms with Crippen LogP contribution in [-0.2, 0) is 0 Å². The molecule has 2 aromatic rings. The van der Waals surface area contributed by atoms with Crippen LogP contribution in [0.1, 0.15) is 18.7 Å². The Labute approximate surface area is 101 Å². The van der Waals surface area contributed by atoms with E-state index < -0.39 is 12.2 Å². The molecule has 0 fully saturated rings. The lowest BCUT2D eigenvalue weighted by molar-refractivity contribution is 0.0278. The molecule has 9 heteroatoms. The standard InChI is InChI=1S/C9H12N6O3/c1-3(16)6(17)4-2-11-5-7(12-4)13-9(15-10)14-8(5)18/h2-3,6,16-17H,10H2,1H3,(H2,12,13,14,15,18). The molecular formula is C9H12N6O3. The van der Waals surface area contributed by atoms with Crippen LogP contribution in [0.15, 0.2) is 6.20 Å². The molecule has 2 aromatic heterocycles. The molecule has 0 spiro atoms. The highest BCUT2D eigenvalue weighted by Crippen LogP contribution is 2.21. The first-order valence-electron chi connectivity index (χ1n) is 5.09. The average Bonchev–Trinajstić information content (AvgIpc) is 2.36. The van der Waals surface area contributed by atoms with Gasteiger partial charge in [0.25, 0.3) is 0 Å². The molecule has 0 aliphatic carbocycles. The summed E-state index contributed by atoms with van der Waals surface area (Å²) in [7, 11) is 0. The van der Waals surface area contributed by atoms with E-state index in [4.69, 9.17) is 5.84 Å². The average molecular weight is 252 g/mol. The number of fused-ring (bicyclic) bond motifs is 1. The molecule has 2 atom stereocenters. The van der Waals surface area contributed by atoms with Gasteiger partial charge in [0.2, 0.25) is 11.8 Å². The molecule has 0 aliphatic heterocycles. The van der Waals surface area contributed by atoms with Crippen LogP contribution in [0, 0.1) is 0 Å². The third-order valence-corrected chi connectivity index (χ3v) is 2.30. The number of aliphatic hydroxyl groups is 2. The molecule has 96 valence electrons. The lowest BCUT2D eigenvalue weighted by Gasteiger charge is -2.12. The van der Waals surface area contributed by atoms with Crippen molar-refractivity contribution in [2.75, 3.05) is 5.43 Å². The summed E-state index contributed by atoms with van der Waals surface area (Å²) in [5, 5.41) is 28.5. The fraction of sp³-hybridized carbons (Fsp3) is 0.333. The summed E-state index contributed by atoms with van der Waals surface area (Å²) in [5.41, 5.74) is 2.45. The van der Waals surface area contributed by atoms with Gasteiger partial charge in [0.1, 0.15) is 6.10 Å². The van der Waals surface area contributed by atoms with Gasteiger partial charge in [-0.25, -0.2) is 15.8 Å². The second-order valence-electron chi connectivity index (χ2n) is 3.67. The highest BCUT2D eigenvalue weighted by Gasteiger charge is 2.18. The number of nitrogen functional groups attached to an aromatic ring is 1. The molecule has 0 aromatic carbocycles. The molecule has 0 radical (unpaired) electrons. The molecule has 18 heavy (non-hydrogen) atoms. The number of aromatic hydroxyl groups is 1. The van der Waals surface area contributed by atoms with Crippen molar-refractivity contribution in [1.29, 1.82) is 0 Å². The van der Waals surface area contributed by atoms with Crippen molar-refractivity contribution < 1.29 is 15.3 Å². The Bertz CT molecular complexity index is 575. The van der Waals surface area contributed by atoms with Gasteiger partial charge in [-0.05, 0) is 6.92 Å². The summed E-state index contributed by atoms with van der Waals surface area (Å²) in [5.74, 6) is 4.73. The van der Waals surface area contributed by atoms with Gasteiger partial charge in [0, 0.05) is 0 Å². The number of nitrogens with one attached hydrogen (secondary N) is 1. The lowest BCUT2D eigenvalue weighted by atomic mass is 10.2. The van der Waals surface area contributed by atoms with Crippen LogP contribution in [-0.4, -0.2) is 41.4 Å². The summed E-state index contributed by atoms with van der Waals surface area (Å²) in [6.07, 6.45) is -0.953. The van der Waals surface area contributed by atoms with Crippen molar-refractivity contribution in [3.63, 3.8) is 0 Å². The maximum absolute atomic E-state index is 9.65. The minimum Gasteiger partial charge on any atom is -0.492 e. The van der Waals surface area contributed by atoms with Gasteiger partial charge in [-0.1, -0.05) is 0 Å². The second-order valence-corrected chi connectivity index (χ2v) is 3.67. The largest absolute Gasteiger partial charge is 0.492 e. The Morgan fingerprint density at radius 1 is 1.28 bits per heavy atom. The second kappa shape index (κ2) is 4.64. The maximum Gasteiger partial charge on any atom is 0.244 e. The Kier molecular flexibility index (Phi) is 3.19. The third-order valence-electron chi connectivity index (χ3n) is 2.30. The maximum atomic E-state index is 9.65. The van der Waals surface area contributed by atoms with Crippen LogP contribution >= 0.6 is 0 Å². The molecular weight excluding hydrogens is 240 g/mol. The van der Waals surface area contributed by atoms with E-state index in [1.807, 2.05) is 0 Å². The molecule has 2 unspecified atom stereocenters. The third kappa shape index (κ3) is 2.14. The SMILES string of the molecule is CC(O)C(O)c1cnc2c(O)nc(NN)nc2n1. The van der Waals surface area contributed by atoms with Gasteiger partial charge in [-0.15, -0.1) is 0 Å². The van der Waals surface area contributed by atoms with Gasteiger partial charge >= 0.3 is 0 Å². The number of rotatable bonds is 3. The first kappa shape index (κ1) is 12.4. The molecule has 2 heterocycles. The summed E-state index contributed by atoms with van der Waals surface area (Å²) < 4.78 is 0. The predicted octanol–water partition coefficient (Wildman–Crippen LogP) is -1.17. The molecule has 0 saturated carbocycles. The molecule has 2 rings (SSSR count). The topological polar surface area (TPSA) is 150 Å². The van der Waals surface area contributed by atoms with E-state index in [9.17, 15) is 15.3 Å². The van der Waals surface area contributed by atoms with Crippen molar-refractivity contribution in [1.82, 2.24) is 19.9 Å². The Morgan fingerprint density at radius 2 is 2.00 bits per heavy atom. The smallest absolute Gasteiger partial charge is 0.244 e. The molecule has 0 amide bonds. The number of nitrogens with zero attached hydrogens (tertiary/aromatic N) is 4. The summed E-state index contributed by atoms with van der Waals surface area (Å²) in [6, 6.07) is 0. The van der Waals surface area contributed by atoms with Crippen LogP contribution in [0.25, 0.3) is 11.2 Å². The number of aromatic nitrogens is 4. The van der Waals surface area contributed by atoms with Gasteiger partial charge in [-0.3, -0.25) is 5.43 Å². The summed E-state index contributed by atoms with van der Waals surface area (Å²) >= 11 is 0.